The lowest BCUT2D eigenvalue weighted by Gasteiger charge is -2.39. The number of hydrogen-bond donors (Lipinski definition) is 1. The monoisotopic (exact) mass is 509 g/mol. The molecule has 36 heavy (non-hydrogen) atoms. The molecule has 0 unspecified atom stereocenters. The molecule has 1 amide bonds. The Morgan fingerprint density at radius 2 is 1.81 bits per heavy atom. The number of carbonyl (C=O) groups excluding carboxylic acids is 2. The highest BCUT2D eigenvalue weighted by atomic mass is 35.5. The van der Waals surface area contributed by atoms with Gasteiger partial charge in [-0.2, -0.15) is 0 Å². The molecule has 2 aromatic rings. The number of benzene rings is 2. The summed E-state index contributed by atoms with van der Waals surface area (Å²) in [5.41, 5.74) is 3.15. The van der Waals surface area contributed by atoms with Gasteiger partial charge in [-0.15, -0.1) is 0 Å². The van der Waals surface area contributed by atoms with Gasteiger partial charge in [-0.05, 0) is 82.2 Å². The first kappa shape index (κ1) is 25.1. The van der Waals surface area contributed by atoms with E-state index in [9.17, 15) is 9.59 Å². The van der Waals surface area contributed by atoms with Crippen molar-refractivity contribution in [2.24, 2.45) is 0 Å². The van der Waals surface area contributed by atoms with Gasteiger partial charge in [0.1, 0.15) is 5.60 Å². The number of aryl methyl sites for hydroxylation is 1. The number of hydrogen-bond acceptors (Lipinski definition) is 5. The zero-order valence-electron chi connectivity index (χ0n) is 21.5. The fourth-order valence-electron chi connectivity index (χ4n) is 5.03. The van der Waals surface area contributed by atoms with E-state index in [1.54, 1.807) is 0 Å². The Morgan fingerprint density at radius 1 is 1.08 bits per heavy atom. The normalized spacial score (nSPS) is 18.6. The van der Waals surface area contributed by atoms with Crippen molar-refractivity contribution in [2.75, 3.05) is 22.9 Å². The summed E-state index contributed by atoms with van der Waals surface area (Å²) in [4.78, 5) is 30.3. The predicted molar refractivity (Wildman–Crippen MR) is 144 cm³/mol. The van der Waals surface area contributed by atoms with Crippen molar-refractivity contribution in [3.05, 3.63) is 58.6 Å². The van der Waals surface area contributed by atoms with Crippen LogP contribution in [-0.2, 0) is 27.3 Å². The van der Waals surface area contributed by atoms with Gasteiger partial charge in [0, 0.05) is 37.1 Å². The van der Waals surface area contributed by atoms with E-state index in [0.717, 1.165) is 42.7 Å². The van der Waals surface area contributed by atoms with Crippen LogP contribution in [0.15, 0.2) is 42.5 Å². The number of anilines is 2. The molecule has 192 valence electrons. The lowest BCUT2D eigenvalue weighted by molar-refractivity contribution is -0.154. The zero-order valence-corrected chi connectivity index (χ0v) is 22.2. The number of rotatable bonds is 8. The molecule has 0 atom stereocenters. The van der Waals surface area contributed by atoms with E-state index < -0.39 is 11.1 Å². The molecule has 2 aromatic carbocycles. The maximum Gasteiger partial charge on any atom is 0.306 e. The predicted octanol–water partition coefficient (Wildman–Crippen LogP) is 5.25. The highest BCUT2D eigenvalue weighted by Crippen LogP contribution is 2.44. The summed E-state index contributed by atoms with van der Waals surface area (Å²) in [6.45, 7) is 7.73. The molecule has 0 radical (unpaired) electrons. The van der Waals surface area contributed by atoms with Gasteiger partial charge in [0.2, 0.25) is 5.91 Å². The largest absolute Gasteiger partial charge is 0.460 e. The number of nitrogens with one attached hydrogen (secondary N) is 1. The molecule has 2 saturated carbocycles. The molecule has 0 saturated heterocycles. The van der Waals surface area contributed by atoms with Crippen LogP contribution in [0.2, 0.25) is 5.02 Å². The summed E-state index contributed by atoms with van der Waals surface area (Å²) in [7, 11) is 0. The van der Waals surface area contributed by atoms with Gasteiger partial charge >= 0.3 is 5.97 Å². The fourth-order valence-corrected chi connectivity index (χ4v) is 5.22. The van der Waals surface area contributed by atoms with Crippen LogP contribution in [0.5, 0.6) is 0 Å². The minimum absolute atomic E-state index is 0.155. The molecule has 1 N–H and O–H groups in total. The van der Waals surface area contributed by atoms with E-state index in [1.807, 2.05) is 49.9 Å². The van der Waals surface area contributed by atoms with E-state index in [0.29, 0.717) is 30.5 Å². The molecule has 3 aliphatic rings. The first-order valence-electron chi connectivity index (χ1n) is 13.1. The summed E-state index contributed by atoms with van der Waals surface area (Å²) in [5, 5.41) is 4.21. The first-order chi connectivity index (χ1) is 17.2. The zero-order chi connectivity index (χ0) is 25.5. The van der Waals surface area contributed by atoms with E-state index in [1.165, 1.54) is 18.5 Å². The average Bonchev–Trinajstić information content (AvgIpc) is 3.76. The molecule has 1 heterocycles. The summed E-state index contributed by atoms with van der Waals surface area (Å²) >= 11 is 6.51. The van der Waals surface area contributed by atoms with E-state index in [-0.39, 0.29) is 11.9 Å². The van der Waals surface area contributed by atoms with Crippen LogP contribution in [0.3, 0.4) is 0 Å². The fraction of sp³-hybridized carbons (Fsp3) is 0.517. The van der Waals surface area contributed by atoms with Crippen molar-refractivity contribution in [3.63, 3.8) is 0 Å². The molecule has 5 rings (SSSR count). The molecular weight excluding hydrogens is 474 g/mol. The standard InChI is InChI=1S/C29H36ClN3O3/c1-28(2,3)36-26(34)13-9-20-8-12-23(30)21(18-20)19-31-29(14-15-29)27(35)33-17-16-32(22-10-11-22)24-6-4-5-7-25(24)33/h4-8,12,18,22,31H,9-11,13-17,19H2,1-3H3. The molecule has 2 fully saturated rings. The van der Waals surface area contributed by atoms with Gasteiger partial charge < -0.3 is 14.5 Å². The maximum atomic E-state index is 13.8. The van der Waals surface area contributed by atoms with Gasteiger partial charge in [-0.25, -0.2) is 0 Å². The molecular formula is C29H36ClN3O3. The quantitative estimate of drug-likeness (QED) is 0.492. The highest BCUT2D eigenvalue weighted by molar-refractivity contribution is 6.31. The van der Waals surface area contributed by atoms with Gasteiger partial charge in [0.05, 0.1) is 16.9 Å². The Hall–Kier alpha value is -2.57. The van der Waals surface area contributed by atoms with Crippen molar-refractivity contribution in [1.29, 1.82) is 0 Å². The maximum absolute atomic E-state index is 13.8. The van der Waals surface area contributed by atoms with Crippen LogP contribution in [-0.4, -0.2) is 42.1 Å². The van der Waals surface area contributed by atoms with Crippen LogP contribution in [0, 0.1) is 0 Å². The Balaban J connectivity index is 1.24. The van der Waals surface area contributed by atoms with Crippen LogP contribution in [0.25, 0.3) is 0 Å². The third-order valence-corrected chi connectivity index (χ3v) is 7.57. The van der Waals surface area contributed by atoms with E-state index in [4.69, 9.17) is 16.3 Å². The Morgan fingerprint density at radius 3 is 2.47 bits per heavy atom. The Kier molecular flexibility index (Phi) is 6.77. The number of halogens is 1. The molecule has 7 heteroatoms. The number of nitrogens with zero attached hydrogens (tertiary/aromatic N) is 2. The van der Waals surface area contributed by atoms with Crippen molar-refractivity contribution in [3.8, 4) is 0 Å². The van der Waals surface area contributed by atoms with Crippen LogP contribution in [0.4, 0.5) is 11.4 Å². The average molecular weight is 510 g/mol. The smallest absolute Gasteiger partial charge is 0.306 e. The number of fused-ring (bicyclic) bond motifs is 1. The summed E-state index contributed by atoms with van der Waals surface area (Å²) in [5.74, 6) is -0.0516. The third-order valence-electron chi connectivity index (χ3n) is 7.20. The molecule has 2 aliphatic carbocycles. The van der Waals surface area contributed by atoms with Gasteiger partial charge in [0.15, 0.2) is 0 Å². The number of carbonyl (C=O) groups is 2. The van der Waals surface area contributed by atoms with Gasteiger partial charge in [0.25, 0.3) is 0 Å². The Bertz CT molecular complexity index is 1150. The number of para-hydroxylation sites is 2. The molecule has 0 spiro atoms. The summed E-state index contributed by atoms with van der Waals surface area (Å²) in [6, 6.07) is 14.8. The second kappa shape index (κ2) is 9.71. The second-order valence-corrected chi connectivity index (χ2v) is 11.7. The van der Waals surface area contributed by atoms with Gasteiger partial charge in [-0.3, -0.25) is 14.9 Å². The number of esters is 1. The van der Waals surface area contributed by atoms with E-state index >= 15 is 0 Å². The molecule has 0 aromatic heterocycles. The lowest BCUT2D eigenvalue weighted by atomic mass is 10.0. The number of amides is 1. The Labute approximate surface area is 218 Å². The van der Waals surface area contributed by atoms with Crippen molar-refractivity contribution in [2.45, 2.75) is 83.0 Å². The second-order valence-electron chi connectivity index (χ2n) is 11.3. The topological polar surface area (TPSA) is 61.9 Å². The molecule has 6 nitrogen and oxygen atoms in total. The third kappa shape index (κ3) is 5.55. The molecule has 0 bridgehead atoms. The van der Waals surface area contributed by atoms with Crippen LogP contribution < -0.4 is 15.1 Å². The van der Waals surface area contributed by atoms with Crippen LogP contribution in [0.1, 0.15) is 64.0 Å². The van der Waals surface area contributed by atoms with E-state index in [2.05, 4.69) is 28.4 Å². The summed E-state index contributed by atoms with van der Waals surface area (Å²) in [6.07, 6.45) is 5.04. The van der Waals surface area contributed by atoms with Crippen molar-refractivity contribution >= 4 is 34.9 Å². The SMILES string of the molecule is CC(C)(C)OC(=O)CCc1ccc(Cl)c(CNC2(C(=O)N3CCN(C4CC4)c4ccccc43)CC2)c1. The van der Waals surface area contributed by atoms with Crippen LogP contribution >= 0.6 is 11.6 Å². The lowest BCUT2D eigenvalue weighted by Crippen LogP contribution is -2.53. The van der Waals surface area contributed by atoms with Gasteiger partial charge in [-0.1, -0.05) is 35.9 Å². The highest BCUT2D eigenvalue weighted by Gasteiger charge is 2.52. The number of ether oxygens (including phenoxy) is 1. The minimum Gasteiger partial charge on any atom is -0.460 e. The first-order valence-corrected chi connectivity index (χ1v) is 13.4. The van der Waals surface area contributed by atoms with Crippen molar-refractivity contribution < 1.29 is 14.3 Å². The van der Waals surface area contributed by atoms with Crippen molar-refractivity contribution in [1.82, 2.24) is 5.32 Å². The minimum atomic E-state index is -0.537. The summed E-state index contributed by atoms with van der Waals surface area (Å²) < 4.78 is 5.42. The molecule has 1 aliphatic heterocycles.